The maximum absolute atomic E-state index is 11.9. The second-order valence-corrected chi connectivity index (χ2v) is 6.73. The fourth-order valence-electron chi connectivity index (χ4n) is 2.76. The fraction of sp³-hybridized carbons (Fsp3) is 0.190. The summed E-state index contributed by atoms with van der Waals surface area (Å²) in [5.41, 5.74) is 5.79. The summed E-state index contributed by atoms with van der Waals surface area (Å²) in [6.07, 6.45) is 1.66. The lowest BCUT2D eigenvalue weighted by Gasteiger charge is -2.10. The summed E-state index contributed by atoms with van der Waals surface area (Å²) in [6.45, 7) is 1.70. The number of hydrogen-bond acceptors (Lipinski definition) is 5. The van der Waals surface area contributed by atoms with Crippen LogP contribution in [0.5, 0.6) is 5.75 Å². The van der Waals surface area contributed by atoms with Crippen molar-refractivity contribution in [3.63, 3.8) is 0 Å². The summed E-state index contributed by atoms with van der Waals surface area (Å²) >= 11 is 5.77. The van der Waals surface area contributed by atoms with Crippen molar-refractivity contribution in [1.82, 2.24) is 10.9 Å². The van der Waals surface area contributed by atoms with Gasteiger partial charge in [0.25, 0.3) is 11.8 Å². The van der Waals surface area contributed by atoms with E-state index in [1.807, 2.05) is 6.92 Å². The lowest BCUT2D eigenvalue weighted by Crippen LogP contribution is -2.43. The minimum Gasteiger partial charge on any atom is -0.484 e. The molecule has 3 rings (SSSR count). The zero-order valence-electron chi connectivity index (χ0n) is 15.7. The van der Waals surface area contributed by atoms with E-state index in [2.05, 4.69) is 10.9 Å². The maximum atomic E-state index is 11.9. The normalized spacial score (nSPS) is 10.6. The Balaban J connectivity index is 1.58. The van der Waals surface area contributed by atoms with Crippen LogP contribution in [0.1, 0.15) is 29.3 Å². The Morgan fingerprint density at radius 1 is 1.07 bits per heavy atom. The van der Waals surface area contributed by atoms with Gasteiger partial charge in [-0.15, -0.1) is 0 Å². The number of hydrogen-bond donors (Lipinski definition) is 2. The molecule has 2 aromatic carbocycles. The predicted octanol–water partition coefficient (Wildman–Crippen LogP) is 3.24. The number of fused-ring (bicyclic) bond motifs is 1. The first-order chi connectivity index (χ1) is 14.0. The molecule has 2 N–H and O–H groups in total. The van der Waals surface area contributed by atoms with E-state index in [-0.39, 0.29) is 6.61 Å². The number of rotatable bonds is 6. The minimum absolute atomic E-state index is 0.328. The summed E-state index contributed by atoms with van der Waals surface area (Å²) in [4.78, 5) is 35.6. The van der Waals surface area contributed by atoms with Crippen LogP contribution in [0.25, 0.3) is 11.0 Å². The van der Waals surface area contributed by atoms with Crippen LogP contribution >= 0.6 is 11.6 Å². The molecule has 0 bridgehead atoms. The molecule has 8 heteroatoms. The Kier molecular flexibility index (Phi) is 6.51. The van der Waals surface area contributed by atoms with Gasteiger partial charge in [-0.05, 0) is 48.4 Å². The van der Waals surface area contributed by atoms with Crippen LogP contribution in [0.2, 0.25) is 5.02 Å². The molecule has 0 saturated heterocycles. The molecule has 1 heterocycles. The van der Waals surface area contributed by atoms with Gasteiger partial charge in [0.1, 0.15) is 11.3 Å². The number of ether oxygens (including phenoxy) is 1. The molecule has 2 amide bonds. The highest BCUT2D eigenvalue weighted by Gasteiger charge is 2.10. The zero-order chi connectivity index (χ0) is 20.8. The first-order valence-corrected chi connectivity index (χ1v) is 9.38. The first-order valence-electron chi connectivity index (χ1n) is 9.00. The molecule has 0 spiro atoms. The Labute approximate surface area is 171 Å². The largest absolute Gasteiger partial charge is 0.484 e. The molecular formula is C21H19ClN2O5. The summed E-state index contributed by atoms with van der Waals surface area (Å²) in [6, 6.07) is 12.8. The number of hydrazine groups is 1. The smallest absolute Gasteiger partial charge is 0.336 e. The quantitative estimate of drug-likeness (QED) is 0.476. The van der Waals surface area contributed by atoms with Crippen LogP contribution in [-0.4, -0.2) is 18.4 Å². The molecule has 0 fully saturated rings. The Hall–Kier alpha value is -3.32. The lowest BCUT2D eigenvalue weighted by atomic mass is 10.1. The number of aryl methyl sites for hydroxylation is 1. The van der Waals surface area contributed by atoms with E-state index in [1.165, 1.54) is 18.2 Å². The third kappa shape index (κ3) is 5.36. The van der Waals surface area contributed by atoms with Crippen molar-refractivity contribution < 1.29 is 18.7 Å². The third-order valence-corrected chi connectivity index (χ3v) is 4.36. The zero-order valence-corrected chi connectivity index (χ0v) is 16.4. The van der Waals surface area contributed by atoms with Gasteiger partial charge >= 0.3 is 5.63 Å². The standard InChI is InChI=1S/C21H19ClN2O5/c1-2-3-14-10-20(26)29-18-11-16(8-9-17(14)18)28-12-19(25)23-24-21(27)13-4-6-15(22)7-5-13/h4-11H,2-3,12H2,1H3,(H,23,25)(H,24,27). The Bertz CT molecular complexity index is 1090. The van der Waals surface area contributed by atoms with Gasteiger partial charge < -0.3 is 9.15 Å². The number of benzene rings is 2. The molecule has 0 aliphatic rings. The van der Waals surface area contributed by atoms with Crippen LogP contribution < -0.4 is 21.2 Å². The average Bonchev–Trinajstić information content (AvgIpc) is 2.70. The van der Waals surface area contributed by atoms with E-state index in [1.54, 1.807) is 30.3 Å². The van der Waals surface area contributed by atoms with Crippen molar-refractivity contribution in [3.8, 4) is 5.75 Å². The van der Waals surface area contributed by atoms with Crippen LogP contribution in [0.3, 0.4) is 0 Å². The van der Waals surface area contributed by atoms with Crippen molar-refractivity contribution in [1.29, 1.82) is 0 Å². The van der Waals surface area contributed by atoms with Gasteiger partial charge in [-0.3, -0.25) is 20.4 Å². The predicted molar refractivity (Wildman–Crippen MR) is 109 cm³/mol. The van der Waals surface area contributed by atoms with Crippen molar-refractivity contribution in [2.24, 2.45) is 0 Å². The second kappa shape index (κ2) is 9.25. The number of halogens is 1. The highest BCUT2D eigenvalue weighted by molar-refractivity contribution is 6.30. The van der Waals surface area contributed by atoms with Crippen molar-refractivity contribution >= 4 is 34.4 Å². The van der Waals surface area contributed by atoms with Gasteiger partial charge in [-0.25, -0.2) is 4.79 Å². The molecule has 3 aromatic rings. The highest BCUT2D eigenvalue weighted by Crippen LogP contribution is 2.23. The topological polar surface area (TPSA) is 97.6 Å². The fourth-order valence-corrected chi connectivity index (χ4v) is 2.89. The summed E-state index contributed by atoms with van der Waals surface area (Å²) in [5, 5.41) is 1.34. The lowest BCUT2D eigenvalue weighted by molar-refractivity contribution is -0.123. The molecule has 0 aliphatic carbocycles. The van der Waals surface area contributed by atoms with Crippen molar-refractivity contribution in [2.45, 2.75) is 19.8 Å². The maximum Gasteiger partial charge on any atom is 0.336 e. The van der Waals surface area contributed by atoms with E-state index in [0.29, 0.717) is 21.9 Å². The molecule has 0 saturated carbocycles. The number of nitrogens with one attached hydrogen (secondary N) is 2. The highest BCUT2D eigenvalue weighted by atomic mass is 35.5. The summed E-state index contributed by atoms with van der Waals surface area (Å²) in [5.74, 6) is -0.659. The number of carbonyl (C=O) groups is 2. The third-order valence-electron chi connectivity index (χ3n) is 4.11. The van der Waals surface area contributed by atoms with Crippen LogP contribution in [0.4, 0.5) is 0 Å². The van der Waals surface area contributed by atoms with Gasteiger partial charge in [-0.1, -0.05) is 24.9 Å². The SMILES string of the molecule is CCCc1cc(=O)oc2cc(OCC(=O)NNC(=O)c3ccc(Cl)cc3)ccc12. The number of amides is 2. The molecule has 1 aromatic heterocycles. The van der Waals surface area contributed by atoms with Gasteiger partial charge in [0, 0.05) is 28.1 Å². The van der Waals surface area contributed by atoms with Gasteiger partial charge in [0.05, 0.1) is 0 Å². The Morgan fingerprint density at radius 2 is 1.83 bits per heavy atom. The first kappa shape index (κ1) is 20.4. The van der Waals surface area contributed by atoms with Crippen molar-refractivity contribution in [2.75, 3.05) is 6.61 Å². The monoisotopic (exact) mass is 414 g/mol. The van der Waals surface area contributed by atoms with E-state index < -0.39 is 17.4 Å². The summed E-state index contributed by atoms with van der Waals surface area (Å²) in [7, 11) is 0. The van der Waals surface area contributed by atoms with E-state index in [9.17, 15) is 14.4 Å². The van der Waals surface area contributed by atoms with E-state index in [4.69, 9.17) is 20.8 Å². The number of carbonyl (C=O) groups excluding carboxylic acids is 2. The van der Waals surface area contributed by atoms with Crippen molar-refractivity contribution in [3.05, 3.63) is 75.1 Å². The van der Waals surface area contributed by atoms with Crippen LogP contribution in [0, 0.1) is 0 Å². The van der Waals surface area contributed by atoms with Gasteiger partial charge in [0.15, 0.2) is 6.61 Å². The molecule has 7 nitrogen and oxygen atoms in total. The van der Waals surface area contributed by atoms with Crippen LogP contribution in [-0.2, 0) is 11.2 Å². The summed E-state index contributed by atoms with van der Waals surface area (Å²) < 4.78 is 10.7. The molecule has 0 radical (unpaired) electrons. The molecule has 150 valence electrons. The molecular weight excluding hydrogens is 396 g/mol. The van der Waals surface area contributed by atoms with Crippen LogP contribution in [0.15, 0.2) is 57.7 Å². The molecule has 0 atom stereocenters. The van der Waals surface area contributed by atoms with Gasteiger partial charge in [0.2, 0.25) is 0 Å². The molecule has 29 heavy (non-hydrogen) atoms. The molecule has 0 aliphatic heterocycles. The molecule has 0 unspecified atom stereocenters. The van der Waals surface area contributed by atoms with Gasteiger partial charge in [-0.2, -0.15) is 0 Å². The average molecular weight is 415 g/mol. The van der Waals surface area contributed by atoms with E-state index in [0.717, 1.165) is 23.8 Å². The second-order valence-electron chi connectivity index (χ2n) is 6.30. The minimum atomic E-state index is -0.548. The Morgan fingerprint density at radius 3 is 2.55 bits per heavy atom. The van der Waals surface area contributed by atoms with E-state index >= 15 is 0 Å².